The van der Waals surface area contributed by atoms with E-state index in [1.54, 1.807) is 0 Å². The van der Waals surface area contributed by atoms with Crippen LogP contribution in [0, 0.1) is 0 Å². The van der Waals surface area contributed by atoms with Gasteiger partial charge in [-0.25, -0.2) is 0 Å². The molecular weight excluding hydrogens is 144 g/mol. The lowest BCUT2D eigenvalue weighted by molar-refractivity contribution is 0.420. The maximum Gasteiger partial charge on any atom is 0.325 e. The lowest BCUT2D eigenvalue weighted by Crippen LogP contribution is -2.17. The van der Waals surface area contributed by atoms with E-state index in [-0.39, 0.29) is 5.95 Å². The van der Waals surface area contributed by atoms with Gasteiger partial charge in [0.2, 0.25) is 0 Å². The highest BCUT2D eigenvalue weighted by molar-refractivity contribution is 5.30. The van der Waals surface area contributed by atoms with E-state index in [0.29, 0.717) is 6.01 Å². The van der Waals surface area contributed by atoms with Gasteiger partial charge in [-0.1, -0.05) is 0 Å². The summed E-state index contributed by atoms with van der Waals surface area (Å²) in [4.78, 5) is 5.96. The van der Waals surface area contributed by atoms with Gasteiger partial charge >= 0.3 is 6.01 Å². The summed E-state index contributed by atoms with van der Waals surface area (Å²) in [5.41, 5.74) is 5.30. The van der Waals surface area contributed by atoms with Crippen molar-refractivity contribution in [2.75, 3.05) is 23.7 Å². The van der Waals surface area contributed by atoms with E-state index in [1.807, 2.05) is 4.90 Å². The Morgan fingerprint density at radius 3 is 2.64 bits per heavy atom. The molecule has 0 radical (unpaired) electrons. The van der Waals surface area contributed by atoms with Crippen LogP contribution >= 0.6 is 0 Å². The topological polar surface area (TPSA) is 68.2 Å². The molecule has 2 heterocycles. The number of nitrogens with zero attached hydrogens (tertiary/aromatic N) is 3. The predicted molar refractivity (Wildman–Crippen MR) is 40.2 cm³/mol. The normalized spacial score (nSPS) is 17.6. The van der Waals surface area contributed by atoms with Gasteiger partial charge < -0.3 is 15.2 Å². The third kappa shape index (κ3) is 1.13. The van der Waals surface area contributed by atoms with Crippen LogP contribution in [0.3, 0.4) is 0 Å². The number of aromatic nitrogens is 2. The fourth-order valence-electron chi connectivity index (χ4n) is 1.26. The average molecular weight is 154 g/mol. The zero-order valence-electron chi connectivity index (χ0n) is 6.16. The molecule has 1 aromatic heterocycles. The van der Waals surface area contributed by atoms with Gasteiger partial charge in [-0.2, -0.15) is 4.98 Å². The first-order valence-corrected chi connectivity index (χ1v) is 3.70. The largest absolute Gasteiger partial charge is 0.365 e. The number of anilines is 2. The van der Waals surface area contributed by atoms with E-state index in [1.165, 1.54) is 12.8 Å². The van der Waals surface area contributed by atoms with Crippen LogP contribution < -0.4 is 10.6 Å². The van der Waals surface area contributed by atoms with E-state index in [9.17, 15) is 0 Å². The van der Waals surface area contributed by atoms with Gasteiger partial charge in [-0.15, -0.1) is 0 Å². The lowest BCUT2D eigenvalue weighted by Gasteiger charge is -2.08. The van der Waals surface area contributed by atoms with Gasteiger partial charge in [-0.05, 0) is 18.0 Å². The molecular formula is C6H10N4O. The molecule has 1 aliphatic rings. The van der Waals surface area contributed by atoms with Crippen LogP contribution in [0.2, 0.25) is 0 Å². The van der Waals surface area contributed by atoms with Crippen LogP contribution in [0.5, 0.6) is 0 Å². The fourth-order valence-corrected chi connectivity index (χ4v) is 1.26. The number of nitrogen functional groups attached to an aromatic ring is 1. The summed E-state index contributed by atoms with van der Waals surface area (Å²) in [6.07, 6.45) is 2.39. The molecule has 0 bridgehead atoms. The monoisotopic (exact) mass is 154 g/mol. The highest BCUT2D eigenvalue weighted by Crippen LogP contribution is 2.17. The summed E-state index contributed by atoms with van der Waals surface area (Å²) in [5, 5.41) is 3.51. The molecule has 0 aromatic carbocycles. The van der Waals surface area contributed by atoms with Crippen LogP contribution in [-0.2, 0) is 0 Å². The van der Waals surface area contributed by atoms with Crippen molar-refractivity contribution < 1.29 is 4.52 Å². The van der Waals surface area contributed by atoms with E-state index in [2.05, 4.69) is 10.1 Å². The molecule has 5 nitrogen and oxygen atoms in total. The predicted octanol–water partition coefficient (Wildman–Crippen LogP) is 0.252. The van der Waals surface area contributed by atoms with Crippen molar-refractivity contribution in [1.82, 2.24) is 10.1 Å². The molecule has 60 valence electrons. The van der Waals surface area contributed by atoms with Gasteiger partial charge in [0.15, 0.2) is 0 Å². The smallest absolute Gasteiger partial charge is 0.325 e. The van der Waals surface area contributed by atoms with Crippen molar-refractivity contribution in [2.45, 2.75) is 12.8 Å². The second kappa shape index (κ2) is 2.41. The quantitative estimate of drug-likeness (QED) is 0.628. The van der Waals surface area contributed by atoms with Gasteiger partial charge in [0, 0.05) is 13.1 Å². The molecule has 1 aromatic rings. The van der Waals surface area contributed by atoms with Gasteiger partial charge in [-0.3, -0.25) is 0 Å². The third-order valence-corrected chi connectivity index (χ3v) is 1.81. The first-order chi connectivity index (χ1) is 5.36. The molecule has 0 aliphatic carbocycles. The minimum Gasteiger partial charge on any atom is -0.365 e. The number of hydrogen-bond acceptors (Lipinski definition) is 5. The zero-order chi connectivity index (χ0) is 7.68. The van der Waals surface area contributed by atoms with E-state index < -0.39 is 0 Å². The number of nitrogens with two attached hydrogens (primary N) is 1. The Morgan fingerprint density at radius 1 is 1.36 bits per heavy atom. The Labute approximate surface area is 64.2 Å². The van der Waals surface area contributed by atoms with Crippen LogP contribution in [0.25, 0.3) is 0 Å². The molecule has 5 heteroatoms. The minimum absolute atomic E-state index is 0.215. The molecule has 0 amide bonds. The molecule has 2 rings (SSSR count). The Bertz CT molecular complexity index is 240. The molecule has 0 saturated carbocycles. The van der Waals surface area contributed by atoms with Crippen LogP contribution in [-0.4, -0.2) is 23.2 Å². The Morgan fingerprint density at radius 2 is 2.09 bits per heavy atom. The second-order valence-corrected chi connectivity index (χ2v) is 2.63. The van der Waals surface area contributed by atoms with E-state index in [0.717, 1.165) is 13.1 Å². The van der Waals surface area contributed by atoms with Crippen LogP contribution in [0.4, 0.5) is 12.0 Å². The summed E-state index contributed by atoms with van der Waals surface area (Å²) in [5.74, 6) is 0.215. The Hall–Kier alpha value is -1.26. The van der Waals surface area contributed by atoms with Crippen molar-refractivity contribution in [3.05, 3.63) is 0 Å². The minimum atomic E-state index is 0.215. The molecule has 0 spiro atoms. The molecule has 1 aliphatic heterocycles. The van der Waals surface area contributed by atoms with Crippen LogP contribution in [0.1, 0.15) is 12.8 Å². The Kier molecular flexibility index (Phi) is 1.41. The maximum atomic E-state index is 5.30. The van der Waals surface area contributed by atoms with E-state index >= 15 is 0 Å². The van der Waals surface area contributed by atoms with Crippen molar-refractivity contribution in [2.24, 2.45) is 0 Å². The standard InChI is InChI=1S/C6H10N4O/c7-5-8-6(11-9-5)10-3-1-2-4-10/h1-4H2,(H2,7,9). The van der Waals surface area contributed by atoms with Crippen molar-refractivity contribution >= 4 is 12.0 Å². The maximum absolute atomic E-state index is 5.30. The van der Waals surface area contributed by atoms with Crippen molar-refractivity contribution in [3.8, 4) is 0 Å². The molecule has 0 unspecified atom stereocenters. The van der Waals surface area contributed by atoms with Gasteiger partial charge in [0.05, 0.1) is 0 Å². The van der Waals surface area contributed by atoms with Gasteiger partial charge in [0.25, 0.3) is 5.95 Å². The summed E-state index contributed by atoms with van der Waals surface area (Å²) < 4.78 is 4.89. The number of rotatable bonds is 1. The summed E-state index contributed by atoms with van der Waals surface area (Å²) in [6.45, 7) is 2.00. The summed E-state index contributed by atoms with van der Waals surface area (Å²) >= 11 is 0. The highest BCUT2D eigenvalue weighted by atomic mass is 16.5. The first-order valence-electron chi connectivity index (χ1n) is 3.70. The average Bonchev–Trinajstić information content (AvgIpc) is 2.55. The Balaban J connectivity index is 2.15. The summed E-state index contributed by atoms with van der Waals surface area (Å²) in [6, 6.07) is 0.556. The van der Waals surface area contributed by atoms with Crippen molar-refractivity contribution in [1.29, 1.82) is 0 Å². The molecule has 2 N–H and O–H groups in total. The first kappa shape index (κ1) is 6.45. The van der Waals surface area contributed by atoms with Crippen molar-refractivity contribution in [3.63, 3.8) is 0 Å². The SMILES string of the molecule is Nc1noc(N2CCCC2)n1. The van der Waals surface area contributed by atoms with Gasteiger partial charge in [0.1, 0.15) is 0 Å². The molecule has 0 atom stereocenters. The zero-order valence-corrected chi connectivity index (χ0v) is 6.16. The molecule has 1 saturated heterocycles. The molecule has 1 fully saturated rings. The molecule has 11 heavy (non-hydrogen) atoms. The number of hydrogen-bond donors (Lipinski definition) is 1. The lowest BCUT2D eigenvalue weighted by atomic mass is 10.4. The summed E-state index contributed by atoms with van der Waals surface area (Å²) in [7, 11) is 0. The highest BCUT2D eigenvalue weighted by Gasteiger charge is 2.17. The third-order valence-electron chi connectivity index (χ3n) is 1.81. The second-order valence-electron chi connectivity index (χ2n) is 2.63. The van der Waals surface area contributed by atoms with E-state index in [4.69, 9.17) is 10.3 Å². The van der Waals surface area contributed by atoms with Crippen LogP contribution in [0.15, 0.2) is 4.52 Å². The fraction of sp³-hybridized carbons (Fsp3) is 0.667.